The molecule has 0 aromatic carbocycles. The third-order valence-electron chi connectivity index (χ3n) is 2.46. The molecule has 78 valence electrons. The van der Waals surface area contributed by atoms with E-state index in [4.69, 9.17) is 10.5 Å². The fourth-order valence-corrected chi connectivity index (χ4v) is 1.43. The van der Waals surface area contributed by atoms with Gasteiger partial charge in [0.25, 0.3) is 0 Å². The van der Waals surface area contributed by atoms with Crippen molar-refractivity contribution in [3.05, 3.63) is 24.0 Å². The third kappa shape index (κ3) is 2.36. The van der Waals surface area contributed by atoms with Gasteiger partial charge < -0.3 is 10.5 Å². The first kappa shape index (κ1) is 11.3. The van der Waals surface area contributed by atoms with Crippen LogP contribution in [0.25, 0.3) is 0 Å². The molecule has 1 aromatic heterocycles. The number of ether oxygens (including phenoxy) is 1. The molecular weight excluding hydrogens is 200 g/mol. The van der Waals surface area contributed by atoms with Crippen LogP contribution in [0.2, 0.25) is 0 Å². The maximum Gasteiger partial charge on any atom is 0.122 e. The molecule has 0 amide bonds. The van der Waals surface area contributed by atoms with Crippen LogP contribution in [0.3, 0.4) is 0 Å². The van der Waals surface area contributed by atoms with Crippen LogP contribution >= 0.6 is 12.4 Å². The largest absolute Gasteiger partial charge is 0.497 e. The molecule has 0 unspecified atom stereocenters. The van der Waals surface area contributed by atoms with Gasteiger partial charge in [0.1, 0.15) is 5.75 Å². The van der Waals surface area contributed by atoms with Crippen molar-refractivity contribution in [3.8, 4) is 5.75 Å². The lowest BCUT2D eigenvalue weighted by molar-refractivity contribution is 0.412. The molecule has 2 rings (SSSR count). The third-order valence-corrected chi connectivity index (χ3v) is 2.46. The maximum atomic E-state index is 6.01. The second kappa shape index (κ2) is 4.62. The van der Waals surface area contributed by atoms with Crippen molar-refractivity contribution in [2.24, 2.45) is 11.7 Å². The van der Waals surface area contributed by atoms with Crippen LogP contribution in [0.5, 0.6) is 5.75 Å². The molecule has 4 heteroatoms. The number of methoxy groups -OCH3 is 1. The number of halogens is 1. The molecule has 2 N–H and O–H groups in total. The van der Waals surface area contributed by atoms with Crippen molar-refractivity contribution >= 4 is 12.4 Å². The first-order valence-corrected chi connectivity index (χ1v) is 4.57. The molecule has 14 heavy (non-hydrogen) atoms. The highest BCUT2D eigenvalue weighted by molar-refractivity contribution is 5.85. The van der Waals surface area contributed by atoms with Gasteiger partial charge in [-0.15, -0.1) is 12.4 Å². The summed E-state index contributed by atoms with van der Waals surface area (Å²) in [5.41, 5.74) is 6.95. The van der Waals surface area contributed by atoms with Gasteiger partial charge in [-0.25, -0.2) is 0 Å². The molecule has 1 aromatic rings. The van der Waals surface area contributed by atoms with E-state index in [2.05, 4.69) is 4.98 Å². The fraction of sp³-hybridized carbons (Fsp3) is 0.500. The van der Waals surface area contributed by atoms with Gasteiger partial charge in [-0.3, -0.25) is 4.98 Å². The highest BCUT2D eigenvalue weighted by atomic mass is 35.5. The number of hydrogen-bond donors (Lipinski definition) is 1. The van der Waals surface area contributed by atoms with Gasteiger partial charge in [0, 0.05) is 18.3 Å². The average Bonchev–Trinajstić information content (AvgIpc) is 3.00. The fourth-order valence-electron chi connectivity index (χ4n) is 1.43. The van der Waals surface area contributed by atoms with Crippen LogP contribution in [0.4, 0.5) is 0 Å². The van der Waals surface area contributed by atoms with Crippen LogP contribution in [0, 0.1) is 5.92 Å². The van der Waals surface area contributed by atoms with E-state index in [1.54, 1.807) is 13.3 Å². The van der Waals surface area contributed by atoms with Crippen LogP contribution in [-0.4, -0.2) is 12.1 Å². The van der Waals surface area contributed by atoms with Crippen LogP contribution in [-0.2, 0) is 0 Å². The van der Waals surface area contributed by atoms with E-state index >= 15 is 0 Å². The lowest BCUT2D eigenvalue weighted by atomic mass is 10.1. The number of hydrogen-bond acceptors (Lipinski definition) is 3. The number of aromatic nitrogens is 1. The summed E-state index contributed by atoms with van der Waals surface area (Å²) in [5.74, 6) is 1.47. The number of pyridine rings is 1. The van der Waals surface area contributed by atoms with Gasteiger partial charge in [0.15, 0.2) is 0 Å². The van der Waals surface area contributed by atoms with Gasteiger partial charge in [-0.1, -0.05) is 0 Å². The smallest absolute Gasteiger partial charge is 0.122 e. The Hall–Kier alpha value is -0.800. The van der Waals surface area contributed by atoms with Crippen molar-refractivity contribution < 1.29 is 4.74 Å². The topological polar surface area (TPSA) is 48.1 Å². The van der Waals surface area contributed by atoms with Crippen molar-refractivity contribution in [1.29, 1.82) is 0 Å². The van der Waals surface area contributed by atoms with Gasteiger partial charge in [0.2, 0.25) is 0 Å². The second-order valence-corrected chi connectivity index (χ2v) is 3.48. The summed E-state index contributed by atoms with van der Waals surface area (Å²) in [7, 11) is 1.65. The van der Waals surface area contributed by atoms with Crippen LogP contribution < -0.4 is 10.5 Å². The molecule has 1 aliphatic carbocycles. The lowest BCUT2D eigenvalue weighted by Gasteiger charge is -2.10. The van der Waals surface area contributed by atoms with Crippen molar-refractivity contribution in [2.75, 3.05) is 7.11 Å². The van der Waals surface area contributed by atoms with Crippen molar-refractivity contribution in [1.82, 2.24) is 4.98 Å². The molecule has 1 fully saturated rings. The van der Waals surface area contributed by atoms with Gasteiger partial charge in [-0.2, -0.15) is 0 Å². The summed E-state index contributed by atoms with van der Waals surface area (Å²) in [6.07, 6.45) is 4.22. The summed E-state index contributed by atoms with van der Waals surface area (Å²) >= 11 is 0. The second-order valence-electron chi connectivity index (χ2n) is 3.48. The van der Waals surface area contributed by atoms with Crippen LogP contribution in [0.1, 0.15) is 24.6 Å². The van der Waals surface area contributed by atoms with Gasteiger partial charge >= 0.3 is 0 Å². The number of rotatable bonds is 3. The van der Waals surface area contributed by atoms with Crippen molar-refractivity contribution in [3.63, 3.8) is 0 Å². The van der Waals surface area contributed by atoms with E-state index in [1.807, 2.05) is 12.1 Å². The number of nitrogens with two attached hydrogens (primary N) is 1. The molecule has 1 saturated carbocycles. The predicted molar refractivity (Wildman–Crippen MR) is 57.7 cm³/mol. The molecule has 1 aliphatic rings. The Kier molecular flexibility index (Phi) is 3.72. The summed E-state index contributed by atoms with van der Waals surface area (Å²) in [5, 5.41) is 0. The Labute approximate surface area is 90.1 Å². The number of nitrogens with zero attached hydrogens (tertiary/aromatic N) is 1. The van der Waals surface area contributed by atoms with Gasteiger partial charge in [-0.05, 0) is 24.8 Å². The predicted octanol–water partition coefficient (Wildman–Crippen LogP) is 1.92. The first-order chi connectivity index (χ1) is 6.31. The summed E-state index contributed by atoms with van der Waals surface area (Å²) in [4.78, 5) is 4.24. The zero-order valence-electron chi connectivity index (χ0n) is 8.14. The highest BCUT2D eigenvalue weighted by Crippen LogP contribution is 2.39. The zero-order valence-corrected chi connectivity index (χ0v) is 8.96. The molecule has 1 atom stereocenters. The zero-order chi connectivity index (χ0) is 9.26. The van der Waals surface area contributed by atoms with E-state index in [0.29, 0.717) is 5.92 Å². The summed E-state index contributed by atoms with van der Waals surface area (Å²) in [6, 6.07) is 3.85. The van der Waals surface area contributed by atoms with E-state index < -0.39 is 0 Å². The minimum Gasteiger partial charge on any atom is -0.497 e. The van der Waals surface area contributed by atoms with E-state index in [-0.39, 0.29) is 18.4 Å². The SMILES string of the molecule is COc1ccnc([C@H](N)C2CC2)c1.Cl. The van der Waals surface area contributed by atoms with Crippen LogP contribution in [0.15, 0.2) is 18.3 Å². The first-order valence-electron chi connectivity index (χ1n) is 4.57. The summed E-state index contributed by atoms with van der Waals surface area (Å²) < 4.78 is 5.11. The molecule has 3 nitrogen and oxygen atoms in total. The monoisotopic (exact) mass is 214 g/mol. The van der Waals surface area contributed by atoms with Crippen molar-refractivity contribution in [2.45, 2.75) is 18.9 Å². The van der Waals surface area contributed by atoms with E-state index in [1.165, 1.54) is 12.8 Å². The Morgan fingerprint density at radius 3 is 2.86 bits per heavy atom. The Morgan fingerprint density at radius 2 is 2.29 bits per heavy atom. The minimum absolute atomic E-state index is 0. The molecule has 0 spiro atoms. The highest BCUT2D eigenvalue weighted by Gasteiger charge is 2.30. The molecule has 0 saturated heterocycles. The summed E-state index contributed by atoms with van der Waals surface area (Å²) in [6.45, 7) is 0. The Morgan fingerprint density at radius 1 is 1.57 bits per heavy atom. The minimum atomic E-state index is 0. The maximum absolute atomic E-state index is 6.01. The van der Waals surface area contributed by atoms with Gasteiger partial charge in [0.05, 0.1) is 12.8 Å². The average molecular weight is 215 g/mol. The Bertz CT molecular complexity index is 302. The Balaban J connectivity index is 0.000000980. The normalized spacial score (nSPS) is 17.0. The molecule has 0 bridgehead atoms. The molecule has 0 aliphatic heterocycles. The molecular formula is C10H15ClN2O. The van der Waals surface area contributed by atoms with E-state index in [0.717, 1.165) is 11.4 Å². The standard InChI is InChI=1S/C10H14N2O.ClH/c1-13-8-4-5-12-9(6-8)10(11)7-2-3-7;/h4-7,10H,2-3,11H2,1H3;1H/t10-;/m1./s1. The molecule has 1 heterocycles. The quantitative estimate of drug-likeness (QED) is 0.837. The van der Waals surface area contributed by atoms with E-state index in [9.17, 15) is 0 Å². The lowest BCUT2D eigenvalue weighted by Crippen LogP contribution is -2.13. The molecule has 0 radical (unpaired) electrons.